The van der Waals surface area contributed by atoms with Crippen molar-refractivity contribution < 1.29 is 9.90 Å². The predicted octanol–water partition coefficient (Wildman–Crippen LogP) is 3.79. The summed E-state index contributed by atoms with van der Waals surface area (Å²) < 4.78 is 0. The molecule has 3 nitrogen and oxygen atoms in total. The van der Waals surface area contributed by atoms with Gasteiger partial charge in [0, 0.05) is 0 Å². The summed E-state index contributed by atoms with van der Waals surface area (Å²) in [5, 5.41) is 13.1. The third kappa shape index (κ3) is 2.78. The molecule has 1 aromatic rings. The molecule has 1 aromatic carbocycles. The number of anilines is 1. The van der Waals surface area contributed by atoms with Gasteiger partial charge >= 0.3 is 5.97 Å². The van der Waals surface area contributed by atoms with Gasteiger partial charge in [0.2, 0.25) is 0 Å². The fourth-order valence-corrected chi connectivity index (χ4v) is 2.51. The van der Waals surface area contributed by atoms with Crippen LogP contribution in [0.25, 0.3) is 0 Å². The molecule has 0 saturated heterocycles. The molecule has 4 heteroatoms. The summed E-state index contributed by atoms with van der Waals surface area (Å²) in [7, 11) is 0. The van der Waals surface area contributed by atoms with E-state index in [1.165, 1.54) is 6.42 Å². The number of nitrogens with one attached hydrogen (secondary N) is 1. The Bertz CT molecular complexity index is 445. The van der Waals surface area contributed by atoms with Crippen molar-refractivity contribution in [3.05, 3.63) is 29.3 Å². The van der Waals surface area contributed by atoms with Crippen molar-refractivity contribution in [1.29, 1.82) is 0 Å². The minimum absolute atomic E-state index is 0.515. The Kier molecular flexibility index (Phi) is 3.81. The fraction of sp³-hybridized carbons (Fsp3) is 0.500. The largest absolute Gasteiger partial charge is 0.480 e. The van der Waals surface area contributed by atoms with Crippen LogP contribution in [0.3, 0.4) is 0 Å². The summed E-state index contributed by atoms with van der Waals surface area (Å²) in [6.45, 7) is 1.73. The SMILES string of the molecule is CC(CC1CCC1)(Nc1ccccc1Cl)C(=O)O. The lowest BCUT2D eigenvalue weighted by Gasteiger charge is -2.35. The van der Waals surface area contributed by atoms with Crippen molar-refractivity contribution in [2.24, 2.45) is 5.92 Å². The van der Waals surface area contributed by atoms with E-state index < -0.39 is 11.5 Å². The number of hydrogen-bond acceptors (Lipinski definition) is 2. The molecule has 0 radical (unpaired) electrons. The number of hydrogen-bond donors (Lipinski definition) is 2. The van der Waals surface area contributed by atoms with E-state index in [0.29, 0.717) is 23.0 Å². The van der Waals surface area contributed by atoms with Crippen LogP contribution in [0.1, 0.15) is 32.6 Å². The fourth-order valence-electron chi connectivity index (χ4n) is 2.33. The van der Waals surface area contributed by atoms with E-state index in [9.17, 15) is 9.90 Å². The van der Waals surface area contributed by atoms with E-state index in [1.54, 1.807) is 13.0 Å². The first-order valence-electron chi connectivity index (χ1n) is 6.27. The summed E-state index contributed by atoms with van der Waals surface area (Å²) in [6, 6.07) is 7.25. The van der Waals surface area contributed by atoms with Gasteiger partial charge in [-0.1, -0.05) is 43.0 Å². The highest BCUT2D eigenvalue weighted by Gasteiger charge is 2.37. The van der Waals surface area contributed by atoms with Crippen molar-refractivity contribution in [1.82, 2.24) is 0 Å². The molecule has 98 valence electrons. The van der Waals surface area contributed by atoms with Crippen LogP contribution in [0.5, 0.6) is 0 Å². The van der Waals surface area contributed by atoms with E-state index in [2.05, 4.69) is 5.32 Å². The Balaban J connectivity index is 2.14. The van der Waals surface area contributed by atoms with Gasteiger partial charge in [-0.05, 0) is 31.4 Å². The lowest BCUT2D eigenvalue weighted by Crippen LogP contribution is -2.46. The smallest absolute Gasteiger partial charge is 0.329 e. The Morgan fingerprint density at radius 1 is 1.50 bits per heavy atom. The minimum Gasteiger partial charge on any atom is -0.480 e. The van der Waals surface area contributed by atoms with Crippen LogP contribution >= 0.6 is 11.6 Å². The average Bonchev–Trinajstić information content (AvgIpc) is 2.27. The zero-order valence-corrected chi connectivity index (χ0v) is 11.2. The van der Waals surface area contributed by atoms with Gasteiger partial charge in [0.05, 0.1) is 10.7 Å². The van der Waals surface area contributed by atoms with Crippen LogP contribution in [0.4, 0.5) is 5.69 Å². The molecule has 0 spiro atoms. The molecule has 0 aliphatic heterocycles. The number of carboxylic acids is 1. The van der Waals surface area contributed by atoms with Crippen molar-refractivity contribution in [2.45, 2.75) is 38.1 Å². The molecule has 1 fully saturated rings. The lowest BCUT2D eigenvalue weighted by atomic mass is 9.76. The van der Waals surface area contributed by atoms with E-state index in [0.717, 1.165) is 12.8 Å². The Labute approximate surface area is 112 Å². The van der Waals surface area contributed by atoms with Gasteiger partial charge in [-0.2, -0.15) is 0 Å². The number of carboxylic acid groups (broad SMARTS) is 1. The minimum atomic E-state index is -0.948. The van der Waals surface area contributed by atoms with E-state index >= 15 is 0 Å². The highest BCUT2D eigenvalue weighted by atomic mass is 35.5. The second-order valence-electron chi connectivity index (χ2n) is 5.24. The monoisotopic (exact) mass is 267 g/mol. The summed E-state index contributed by atoms with van der Waals surface area (Å²) >= 11 is 6.06. The molecule has 0 heterocycles. The predicted molar refractivity (Wildman–Crippen MR) is 73.1 cm³/mol. The Hall–Kier alpha value is -1.22. The Morgan fingerprint density at radius 3 is 2.67 bits per heavy atom. The van der Waals surface area contributed by atoms with Crippen LogP contribution in [-0.2, 0) is 4.79 Å². The molecule has 0 aromatic heterocycles. The van der Waals surface area contributed by atoms with Gasteiger partial charge in [0.15, 0.2) is 0 Å². The van der Waals surface area contributed by atoms with Crippen molar-refractivity contribution in [2.75, 3.05) is 5.32 Å². The van der Waals surface area contributed by atoms with Crippen LogP contribution in [0, 0.1) is 5.92 Å². The zero-order chi connectivity index (χ0) is 13.2. The normalized spacial score (nSPS) is 18.8. The van der Waals surface area contributed by atoms with Gasteiger partial charge < -0.3 is 10.4 Å². The average molecular weight is 268 g/mol. The number of benzene rings is 1. The maximum absolute atomic E-state index is 11.5. The first-order chi connectivity index (χ1) is 8.51. The van der Waals surface area contributed by atoms with Gasteiger partial charge in [0.25, 0.3) is 0 Å². The summed E-state index contributed by atoms with van der Waals surface area (Å²) in [5.74, 6) is -0.310. The lowest BCUT2D eigenvalue weighted by molar-refractivity contribution is -0.142. The van der Waals surface area contributed by atoms with E-state index in [1.807, 2.05) is 18.2 Å². The van der Waals surface area contributed by atoms with Crippen molar-refractivity contribution in [3.63, 3.8) is 0 Å². The maximum atomic E-state index is 11.5. The molecule has 1 aliphatic rings. The van der Waals surface area contributed by atoms with Crippen LogP contribution in [-0.4, -0.2) is 16.6 Å². The van der Waals surface area contributed by atoms with Gasteiger partial charge in [-0.15, -0.1) is 0 Å². The number of aliphatic carboxylic acids is 1. The molecule has 0 bridgehead atoms. The molecule has 2 rings (SSSR count). The molecule has 1 saturated carbocycles. The number of carbonyl (C=O) groups is 1. The molecule has 2 N–H and O–H groups in total. The number of rotatable bonds is 5. The molecule has 1 aliphatic carbocycles. The molecular weight excluding hydrogens is 250 g/mol. The first-order valence-corrected chi connectivity index (χ1v) is 6.65. The van der Waals surface area contributed by atoms with E-state index in [4.69, 9.17) is 11.6 Å². The standard InChI is InChI=1S/C14H18ClNO2/c1-14(13(17)18,9-10-5-4-6-10)16-12-8-3-2-7-11(12)15/h2-3,7-8,10,16H,4-6,9H2,1H3,(H,17,18). The van der Waals surface area contributed by atoms with Crippen LogP contribution < -0.4 is 5.32 Å². The number of para-hydroxylation sites is 1. The highest BCUT2D eigenvalue weighted by Crippen LogP contribution is 2.36. The molecule has 1 unspecified atom stereocenters. The van der Waals surface area contributed by atoms with Crippen LogP contribution in [0.15, 0.2) is 24.3 Å². The summed E-state index contributed by atoms with van der Waals surface area (Å²) in [4.78, 5) is 11.5. The van der Waals surface area contributed by atoms with Crippen LogP contribution in [0.2, 0.25) is 5.02 Å². The third-order valence-corrected chi connectivity index (χ3v) is 4.01. The summed E-state index contributed by atoms with van der Waals surface area (Å²) in [6.07, 6.45) is 4.13. The topological polar surface area (TPSA) is 49.3 Å². The maximum Gasteiger partial charge on any atom is 0.329 e. The quantitative estimate of drug-likeness (QED) is 0.853. The van der Waals surface area contributed by atoms with Crippen molar-refractivity contribution in [3.8, 4) is 0 Å². The summed E-state index contributed by atoms with van der Waals surface area (Å²) in [5.41, 5.74) is -0.265. The third-order valence-electron chi connectivity index (χ3n) is 3.68. The first kappa shape index (κ1) is 13.2. The highest BCUT2D eigenvalue weighted by molar-refractivity contribution is 6.33. The van der Waals surface area contributed by atoms with Gasteiger partial charge in [0.1, 0.15) is 5.54 Å². The second kappa shape index (κ2) is 5.19. The van der Waals surface area contributed by atoms with E-state index in [-0.39, 0.29) is 0 Å². The molecule has 18 heavy (non-hydrogen) atoms. The Morgan fingerprint density at radius 2 is 2.17 bits per heavy atom. The molecule has 1 atom stereocenters. The number of halogens is 1. The van der Waals surface area contributed by atoms with Gasteiger partial charge in [-0.3, -0.25) is 0 Å². The van der Waals surface area contributed by atoms with Crippen molar-refractivity contribution >= 4 is 23.3 Å². The second-order valence-corrected chi connectivity index (χ2v) is 5.65. The van der Waals surface area contributed by atoms with Gasteiger partial charge in [-0.25, -0.2) is 4.79 Å². The molecule has 0 amide bonds. The zero-order valence-electron chi connectivity index (χ0n) is 10.4. The molecular formula is C14H18ClNO2.